The number of aryl methyl sites for hydroxylation is 1. The van der Waals surface area contributed by atoms with Crippen LogP contribution in [0.4, 0.5) is 4.79 Å². The van der Waals surface area contributed by atoms with E-state index in [9.17, 15) is 9.59 Å². The number of hydrogen-bond acceptors (Lipinski definition) is 5. The van der Waals surface area contributed by atoms with Crippen molar-refractivity contribution in [2.75, 3.05) is 13.7 Å². The number of terminal acetylenes is 1. The van der Waals surface area contributed by atoms with E-state index in [-0.39, 0.29) is 17.7 Å². The molecule has 2 aromatic carbocycles. The average Bonchev–Trinajstić information content (AvgIpc) is 2.94. The molecule has 1 aliphatic heterocycles. The molecule has 3 rings (SSSR count). The number of benzene rings is 2. The molecule has 0 bridgehead atoms. The first-order valence-corrected chi connectivity index (χ1v) is 9.38. The highest BCUT2D eigenvalue weighted by molar-refractivity contribution is 8.18. The van der Waals surface area contributed by atoms with Crippen LogP contribution < -0.4 is 9.47 Å². The third-order valence-corrected chi connectivity index (χ3v) is 4.99. The normalized spacial score (nSPS) is 15.0. The van der Waals surface area contributed by atoms with Crippen LogP contribution in [-0.4, -0.2) is 29.7 Å². The van der Waals surface area contributed by atoms with Gasteiger partial charge in [-0.05, 0) is 48.0 Å². The fourth-order valence-electron chi connectivity index (χ4n) is 2.74. The van der Waals surface area contributed by atoms with Gasteiger partial charge in [0, 0.05) is 0 Å². The Morgan fingerprint density at radius 3 is 2.71 bits per heavy atom. The summed E-state index contributed by atoms with van der Waals surface area (Å²) in [7, 11) is 1.55. The number of rotatable bonds is 6. The Balaban J connectivity index is 1.77. The van der Waals surface area contributed by atoms with Crippen LogP contribution in [0.3, 0.4) is 0 Å². The molecule has 2 amide bonds. The van der Waals surface area contributed by atoms with Crippen molar-refractivity contribution < 1.29 is 19.1 Å². The standard InChI is InChI=1S/C22H19NO4S/c1-4-10-23-21(24)20(28-22(23)25)13-16-8-9-18(19(12-16)26-3)27-14-17-7-5-6-15(2)11-17/h1,5-9,11-13H,10,14H2,2-3H3/b20-13+. The summed E-state index contributed by atoms with van der Waals surface area (Å²) < 4.78 is 11.3. The Labute approximate surface area is 168 Å². The summed E-state index contributed by atoms with van der Waals surface area (Å²) in [6.45, 7) is 2.42. The summed E-state index contributed by atoms with van der Waals surface area (Å²) in [6, 6.07) is 13.4. The van der Waals surface area contributed by atoms with Gasteiger partial charge in [0.05, 0.1) is 18.6 Å². The van der Waals surface area contributed by atoms with Gasteiger partial charge in [-0.15, -0.1) is 6.42 Å². The zero-order chi connectivity index (χ0) is 20.1. The molecule has 0 radical (unpaired) electrons. The highest BCUT2D eigenvalue weighted by atomic mass is 32.2. The average molecular weight is 393 g/mol. The number of methoxy groups -OCH3 is 1. The number of thioether (sulfide) groups is 1. The fourth-order valence-corrected chi connectivity index (χ4v) is 3.57. The number of nitrogens with zero attached hydrogens (tertiary/aromatic N) is 1. The van der Waals surface area contributed by atoms with Gasteiger partial charge in [-0.2, -0.15) is 0 Å². The second-order valence-corrected chi connectivity index (χ2v) is 7.15. The van der Waals surface area contributed by atoms with Crippen molar-refractivity contribution in [3.05, 3.63) is 64.1 Å². The van der Waals surface area contributed by atoms with Crippen LogP contribution in [0, 0.1) is 19.3 Å². The molecule has 28 heavy (non-hydrogen) atoms. The Bertz CT molecular complexity index is 990. The van der Waals surface area contributed by atoms with Gasteiger partial charge in [-0.1, -0.05) is 41.8 Å². The lowest BCUT2D eigenvalue weighted by Crippen LogP contribution is -2.28. The van der Waals surface area contributed by atoms with Gasteiger partial charge in [-0.25, -0.2) is 0 Å². The van der Waals surface area contributed by atoms with Crippen molar-refractivity contribution in [3.8, 4) is 23.8 Å². The lowest BCUT2D eigenvalue weighted by atomic mass is 10.1. The Kier molecular flexibility index (Phi) is 6.07. The molecule has 0 aliphatic carbocycles. The van der Waals surface area contributed by atoms with Gasteiger partial charge < -0.3 is 9.47 Å². The van der Waals surface area contributed by atoms with Crippen LogP contribution in [0.1, 0.15) is 16.7 Å². The number of ether oxygens (including phenoxy) is 2. The first-order valence-electron chi connectivity index (χ1n) is 8.57. The van der Waals surface area contributed by atoms with Crippen molar-refractivity contribution in [1.29, 1.82) is 0 Å². The van der Waals surface area contributed by atoms with Crippen LogP contribution in [0.25, 0.3) is 6.08 Å². The lowest BCUT2D eigenvalue weighted by Gasteiger charge is -2.12. The topological polar surface area (TPSA) is 55.8 Å². The smallest absolute Gasteiger partial charge is 0.294 e. The van der Waals surface area contributed by atoms with Crippen LogP contribution in [0.5, 0.6) is 11.5 Å². The van der Waals surface area contributed by atoms with E-state index in [0.29, 0.717) is 23.0 Å². The molecule has 0 N–H and O–H groups in total. The SMILES string of the molecule is C#CCN1C(=O)S/C(=C/c2ccc(OCc3cccc(C)c3)c(OC)c2)C1=O. The first-order chi connectivity index (χ1) is 13.5. The quantitative estimate of drug-likeness (QED) is 0.542. The van der Waals surface area contributed by atoms with E-state index >= 15 is 0 Å². The highest BCUT2D eigenvalue weighted by Gasteiger charge is 2.34. The molecule has 0 atom stereocenters. The Hall–Kier alpha value is -3.17. The molecule has 0 spiro atoms. The lowest BCUT2D eigenvalue weighted by molar-refractivity contribution is -0.122. The fraction of sp³-hybridized carbons (Fsp3) is 0.182. The van der Waals surface area contributed by atoms with Crippen molar-refractivity contribution >= 4 is 29.0 Å². The summed E-state index contributed by atoms with van der Waals surface area (Å²) >= 11 is 0.874. The summed E-state index contributed by atoms with van der Waals surface area (Å²) in [5, 5.41) is -0.362. The molecule has 1 saturated heterocycles. The van der Waals surface area contributed by atoms with E-state index in [1.54, 1.807) is 25.3 Å². The monoisotopic (exact) mass is 393 g/mol. The predicted octanol–water partition coefficient (Wildman–Crippen LogP) is 4.25. The van der Waals surface area contributed by atoms with E-state index in [1.165, 1.54) is 5.56 Å². The van der Waals surface area contributed by atoms with Crippen molar-refractivity contribution in [1.82, 2.24) is 4.90 Å². The van der Waals surface area contributed by atoms with Gasteiger partial charge >= 0.3 is 0 Å². The van der Waals surface area contributed by atoms with E-state index in [0.717, 1.165) is 27.8 Å². The summed E-state index contributed by atoms with van der Waals surface area (Å²) in [5.41, 5.74) is 2.96. The molecule has 6 heteroatoms. The molecule has 0 unspecified atom stereocenters. The molecule has 1 heterocycles. The minimum Gasteiger partial charge on any atom is -0.493 e. The number of hydrogen-bond donors (Lipinski definition) is 0. The largest absolute Gasteiger partial charge is 0.493 e. The van der Waals surface area contributed by atoms with E-state index in [2.05, 4.69) is 12.0 Å². The third-order valence-electron chi connectivity index (χ3n) is 4.09. The second-order valence-electron chi connectivity index (χ2n) is 6.16. The van der Waals surface area contributed by atoms with E-state index in [1.807, 2.05) is 31.2 Å². The van der Waals surface area contributed by atoms with E-state index < -0.39 is 0 Å². The first kappa shape index (κ1) is 19.6. The van der Waals surface area contributed by atoms with Gasteiger partial charge in [0.15, 0.2) is 11.5 Å². The highest BCUT2D eigenvalue weighted by Crippen LogP contribution is 2.34. The number of carbonyl (C=O) groups excluding carboxylic acids is 2. The zero-order valence-corrected chi connectivity index (χ0v) is 16.4. The maximum Gasteiger partial charge on any atom is 0.294 e. The molecule has 1 fully saturated rings. The Morgan fingerprint density at radius 2 is 2.00 bits per heavy atom. The van der Waals surface area contributed by atoms with Gasteiger partial charge in [-0.3, -0.25) is 14.5 Å². The minimum absolute atomic E-state index is 0.0307. The van der Waals surface area contributed by atoms with Crippen molar-refractivity contribution in [3.63, 3.8) is 0 Å². The molecule has 142 valence electrons. The molecule has 2 aromatic rings. The molecule has 0 saturated carbocycles. The van der Waals surface area contributed by atoms with Gasteiger partial charge in [0.1, 0.15) is 6.61 Å². The number of imide groups is 1. The molecule has 5 nitrogen and oxygen atoms in total. The summed E-state index contributed by atoms with van der Waals surface area (Å²) in [6.07, 6.45) is 6.86. The third kappa shape index (κ3) is 4.38. The predicted molar refractivity (Wildman–Crippen MR) is 110 cm³/mol. The maximum atomic E-state index is 12.3. The second kappa shape index (κ2) is 8.68. The summed E-state index contributed by atoms with van der Waals surface area (Å²) in [5.74, 6) is 3.08. The number of amides is 2. The van der Waals surface area contributed by atoms with Crippen LogP contribution in [-0.2, 0) is 11.4 Å². The Morgan fingerprint density at radius 1 is 1.18 bits per heavy atom. The zero-order valence-electron chi connectivity index (χ0n) is 15.6. The van der Waals surface area contributed by atoms with Crippen LogP contribution >= 0.6 is 11.8 Å². The molecular weight excluding hydrogens is 374 g/mol. The van der Waals surface area contributed by atoms with Crippen LogP contribution in [0.15, 0.2) is 47.4 Å². The minimum atomic E-state index is -0.383. The molecular formula is C22H19NO4S. The van der Waals surface area contributed by atoms with Crippen LogP contribution in [0.2, 0.25) is 0 Å². The van der Waals surface area contributed by atoms with Crippen molar-refractivity contribution in [2.45, 2.75) is 13.5 Å². The van der Waals surface area contributed by atoms with Gasteiger partial charge in [0.25, 0.3) is 11.1 Å². The maximum absolute atomic E-state index is 12.3. The van der Waals surface area contributed by atoms with Crippen molar-refractivity contribution in [2.24, 2.45) is 0 Å². The van der Waals surface area contributed by atoms with Gasteiger partial charge in [0.2, 0.25) is 0 Å². The summed E-state index contributed by atoms with van der Waals surface area (Å²) in [4.78, 5) is 25.5. The van der Waals surface area contributed by atoms with E-state index in [4.69, 9.17) is 15.9 Å². The molecule has 0 aromatic heterocycles. The number of carbonyl (C=O) groups is 2. The molecule has 1 aliphatic rings.